The Morgan fingerprint density at radius 2 is 2.60 bits per heavy atom. The minimum atomic E-state index is 0.00579. The lowest BCUT2D eigenvalue weighted by Gasteiger charge is -2.12. The Balaban J connectivity index is 2.06. The molecule has 10 heavy (non-hydrogen) atoms. The van der Waals surface area contributed by atoms with Crippen LogP contribution in [0, 0.1) is 0 Å². The molecule has 0 aromatic heterocycles. The molecule has 3 atom stereocenters. The second-order valence-corrected chi connectivity index (χ2v) is 2.63. The Bertz CT molecular complexity index is 170. The molecule has 2 aliphatic heterocycles. The molecule has 1 N–H and O–H groups in total. The quantitative estimate of drug-likeness (QED) is 0.454. The number of carbonyl (C=O) groups is 1. The minimum Gasteiger partial charge on any atom is -0.312 e. The lowest BCUT2D eigenvalue weighted by atomic mass is 10.1. The van der Waals surface area contributed by atoms with E-state index in [0.717, 1.165) is 6.42 Å². The van der Waals surface area contributed by atoms with E-state index in [4.69, 9.17) is 9.57 Å². The number of epoxide rings is 1. The fourth-order valence-electron chi connectivity index (χ4n) is 1.38. The van der Waals surface area contributed by atoms with Crippen molar-refractivity contribution in [2.45, 2.75) is 25.2 Å². The largest absolute Gasteiger partial charge is 0.346 e. The van der Waals surface area contributed by atoms with E-state index in [0.29, 0.717) is 11.5 Å². The summed E-state index contributed by atoms with van der Waals surface area (Å²) in [5.41, 5.74) is 0. The lowest BCUT2D eigenvalue weighted by molar-refractivity contribution is -1.04. The number of quaternary nitrogens is 1. The zero-order valence-electron chi connectivity index (χ0n) is 5.79. The number of fused-ring (bicyclic) bond motifs is 1. The van der Waals surface area contributed by atoms with Gasteiger partial charge in [0.05, 0.1) is 13.5 Å². The van der Waals surface area contributed by atoms with Crippen LogP contribution in [-0.4, -0.2) is 25.3 Å². The van der Waals surface area contributed by atoms with E-state index in [1.807, 2.05) is 0 Å². The molecule has 4 nitrogen and oxygen atoms in total. The summed E-state index contributed by atoms with van der Waals surface area (Å²) < 4.78 is 5.17. The highest BCUT2D eigenvalue weighted by molar-refractivity contribution is 5.67. The number of rotatable bonds is 1. The lowest BCUT2D eigenvalue weighted by Crippen LogP contribution is -3.16. The predicted octanol–water partition coefficient (Wildman–Crippen LogP) is -1.52. The van der Waals surface area contributed by atoms with Gasteiger partial charge in [0.15, 0.2) is 0 Å². The maximum Gasteiger partial charge on any atom is 0.346 e. The van der Waals surface area contributed by atoms with Crippen LogP contribution in [0.2, 0.25) is 0 Å². The van der Waals surface area contributed by atoms with E-state index in [-0.39, 0.29) is 18.2 Å². The highest BCUT2D eigenvalue weighted by atomic mass is 16.7. The molecule has 1 amide bonds. The fraction of sp³-hybridized carbons (Fsp3) is 0.833. The Morgan fingerprint density at radius 1 is 1.80 bits per heavy atom. The van der Waals surface area contributed by atoms with Crippen molar-refractivity contribution in [2.75, 3.05) is 7.11 Å². The van der Waals surface area contributed by atoms with Gasteiger partial charge in [0, 0.05) is 0 Å². The zero-order valence-corrected chi connectivity index (χ0v) is 5.79. The molecule has 2 fully saturated rings. The van der Waals surface area contributed by atoms with Crippen LogP contribution in [0.1, 0.15) is 12.8 Å². The van der Waals surface area contributed by atoms with Gasteiger partial charge < -0.3 is 4.74 Å². The molecule has 0 bridgehead atoms. The first-order valence-corrected chi connectivity index (χ1v) is 3.42. The molecule has 4 heteroatoms. The molecule has 2 rings (SSSR count). The third-order valence-electron chi connectivity index (χ3n) is 1.99. The molecule has 0 radical (unpaired) electrons. The van der Waals surface area contributed by atoms with Crippen LogP contribution in [0.25, 0.3) is 0 Å². The van der Waals surface area contributed by atoms with Crippen LogP contribution in [0.3, 0.4) is 0 Å². The molecule has 56 valence electrons. The first-order chi connectivity index (χ1) is 4.83. The molecule has 0 saturated carbocycles. The molecule has 0 aromatic carbocycles. The first-order valence-electron chi connectivity index (χ1n) is 3.42. The third-order valence-corrected chi connectivity index (χ3v) is 1.99. The van der Waals surface area contributed by atoms with E-state index in [1.54, 1.807) is 0 Å². The Kier molecular flexibility index (Phi) is 1.26. The van der Waals surface area contributed by atoms with E-state index >= 15 is 0 Å². The number of piperidine rings is 1. The average Bonchev–Trinajstić information content (AvgIpc) is 2.66. The zero-order chi connectivity index (χ0) is 7.14. The summed E-state index contributed by atoms with van der Waals surface area (Å²) in [6, 6.07) is 0. The highest BCUT2D eigenvalue weighted by Crippen LogP contribution is 2.24. The summed E-state index contributed by atoms with van der Waals surface area (Å²) in [5, 5.41) is 0.524. The van der Waals surface area contributed by atoms with Crippen molar-refractivity contribution < 1.29 is 19.4 Å². The number of amides is 1. The number of hydrogen-bond donors (Lipinski definition) is 1. The van der Waals surface area contributed by atoms with E-state index in [2.05, 4.69) is 0 Å². The van der Waals surface area contributed by atoms with Crippen molar-refractivity contribution in [2.24, 2.45) is 0 Å². The summed E-state index contributed by atoms with van der Waals surface area (Å²) in [7, 11) is 1.53. The maximum absolute atomic E-state index is 11.0. The van der Waals surface area contributed by atoms with Crippen molar-refractivity contribution in [1.29, 1.82) is 0 Å². The summed E-state index contributed by atoms with van der Waals surface area (Å²) in [6.45, 7) is 0. The van der Waals surface area contributed by atoms with Gasteiger partial charge >= 0.3 is 5.91 Å². The fourth-order valence-corrected chi connectivity index (χ4v) is 1.38. The van der Waals surface area contributed by atoms with Crippen molar-refractivity contribution in [3.8, 4) is 0 Å². The smallest absolute Gasteiger partial charge is 0.312 e. The average molecular weight is 144 g/mol. The Hall–Kier alpha value is -0.450. The van der Waals surface area contributed by atoms with Gasteiger partial charge in [-0.15, -0.1) is 5.06 Å². The van der Waals surface area contributed by atoms with Crippen LogP contribution in [0.5, 0.6) is 0 Å². The Morgan fingerprint density at radius 3 is 3.20 bits per heavy atom. The van der Waals surface area contributed by atoms with Crippen LogP contribution >= 0.6 is 0 Å². The Labute approximate surface area is 58.7 Å². The van der Waals surface area contributed by atoms with E-state index < -0.39 is 0 Å². The monoisotopic (exact) mass is 144 g/mol. The molecule has 0 aromatic rings. The molecule has 3 unspecified atom stereocenters. The summed E-state index contributed by atoms with van der Waals surface area (Å²) >= 11 is 0. The van der Waals surface area contributed by atoms with Gasteiger partial charge in [-0.1, -0.05) is 0 Å². The van der Waals surface area contributed by atoms with Gasteiger partial charge in [0.1, 0.15) is 6.10 Å². The SMILES string of the molecule is CO[NH+]1C(=O)CCC2OC21. The van der Waals surface area contributed by atoms with Gasteiger partial charge in [-0.25, -0.2) is 4.79 Å². The van der Waals surface area contributed by atoms with Gasteiger partial charge in [0.2, 0.25) is 0 Å². The minimum absolute atomic E-state index is 0.00579. The van der Waals surface area contributed by atoms with Crippen LogP contribution in [-0.2, 0) is 14.4 Å². The van der Waals surface area contributed by atoms with Gasteiger partial charge in [-0.2, -0.15) is 4.84 Å². The van der Waals surface area contributed by atoms with Gasteiger partial charge in [0.25, 0.3) is 6.23 Å². The topological polar surface area (TPSA) is 43.3 Å². The summed E-state index contributed by atoms with van der Waals surface area (Å²) in [6.07, 6.45) is 1.75. The number of nitrogens with one attached hydrogen (secondary N) is 1. The number of hydrogen-bond acceptors (Lipinski definition) is 3. The second-order valence-electron chi connectivity index (χ2n) is 2.63. The van der Waals surface area contributed by atoms with E-state index in [9.17, 15) is 4.79 Å². The predicted molar refractivity (Wildman–Crippen MR) is 30.9 cm³/mol. The van der Waals surface area contributed by atoms with Crippen molar-refractivity contribution in [3.63, 3.8) is 0 Å². The van der Waals surface area contributed by atoms with Crippen LogP contribution in [0.4, 0.5) is 0 Å². The summed E-state index contributed by atoms with van der Waals surface area (Å²) in [4.78, 5) is 15.9. The highest BCUT2D eigenvalue weighted by Gasteiger charge is 2.55. The molecule has 2 aliphatic rings. The van der Waals surface area contributed by atoms with Crippen LogP contribution in [0.15, 0.2) is 0 Å². The first kappa shape index (κ1) is 6.27. The third kappa shape index (κ3) is 0.767. The normalized spacial score (nSPS) is 44.9. The molecular formula is C6H10NO3+. The number of carbonyl (C=O) groups excluding carboxylic acids is 1. The maximum atomic E-state index is 11.0. The van der Waals surface area contributed by atoms with Crippen molar-refractivity contribution >= 4 is 5.91 Å². The number of ether oxygens (including phenoxy) is 1. The standard InChI is InChI=1S/C6H9NO3/c1-9-7-5(8)3-2-4-6(7)10-4/h4,6H,2-3H2,1H3/p+1. The number of hydroxylamine groups is 2. The van der Waals surface area contributed by atoms with Crippen molar-refractivity contribution in [3.05, 3.63) is 0 Å². The second kappa shape index (κ2) is 2.02. The van der Waals surface area contributed by atoms with Gasteiger partial charge in [-0.05, 0) is 6.42 Å². The van der Waals surface area contributed by atoms with Gasteiger partial charge in [-0.3, -0.25) is 0 Å². The molecule has 2 heterocycles. The molecule has 0 aliphatic carbocycles. The molecular weight excluding hydrogens is 134 g/mol. The molecule has 0 spiro atoms. The summed E-state index contributed by atoms with van der Waals surface area (Å²) in [5.74, 6) is 0.112. The van der Waals surface area contributed by atoms with E-state index in [1.165, 1.54) is 7.11 Å². The van der Waals surface area contributed by atoms with Crippen molar-refractivity contribution in [1.82, 2.24) is 0 Å². The molecule has 2 saturated heterocycles. The van der Waals surface area contributed by atoms with Crippen LogP contribution < -0.4 is 5.06 Å².